The van der Waals surface area contributed by atoms with Crippen molar-refractivity contribution in [2.24, 2.45) is 5.92 Å². The summed E-state index contributed by atoms with van der Waals surface area (Å²) in [7, 11) is -1.74. The van der Waals surface area contributed by atoms with Crippen LogP contribution in [0.5, 0.6) is 0 Å². The molecule has 0 nitrogen and oxygen atoms in total. The van der Waals surface area contributed by atoms with Crippen molar-refractivity contribution in [1.29, 1.82) is 0 Å². The molecule has 3 aromatic carbocycles. The molecule has 138 valence electrons. The van der Waals surface area contributed by atoms with Crippen molar-refractivity contribution < 1.29 is 0 Å². The van der Waals surface area contributed by atoms with E-state index in [2.05, 4.69) is 118 Å². The summed E-state index contributed by atoms with van der Waals surface area (Å²) in [6, 6.07) is 33.4. The molecule has 1 atom stereocenters. The van der Waals surface area contributed by atoms with Gasteiger partial charge in [0.2, 0.25) is 0 Å². The fraction of sp³-hybridized carbons (Fsp3) is 0.231. The molecular weight excluding hydrogens is 343 g/mol. The lowest BCUT2D eigenvalue weighted by atomic mass is 10.1. The Labute approximate surface area is 165 Å². The van der Waals surface area contributed by atoms with Crippen LogP contribution in [0.2, 0.25) is 0 Å². The van der Waals surface area contributed by atoms with Crippen molar-refractivity contribution in [3.05, 3.63) is 103 Å². The highest BCUT2D eigenvalue weighted by Crippen LogP contribution is 2.56. The lowest BCUT2D eigenvalue weighted by Crippen LogP contribution is -2.33. The fourth-order valence-electron chi connectivity index (χ4n) is 3.80. The molecule has 0 spiro atoms. The lowest BCUT2D eigenvalue weighted by molar-refractivity contribution is 0.693. The molecule has 1 heteroatoms. The Balaban J connectivity index is 2.24. The SMILES string of the molecule is CC[C@H](C)/C=C(\C)C[P+](c1ccccc1)(c1ccccc1)c1ccccc1. The highest BCUT2D eigenvalue weighted by Gasteiger charge is 2.45. The van der Waals surface area contributed by atoms with E-state index in [1.54, 1.807) is 0 Å². The minimum absolute atomic E-state index is 0.620. The van der Waals surface area contributed by atoms with Crippen LogP contribution in [0.1, 0.15) is 27.2 Å². The molecule has 0 aromatic heterocycles. The Hall–Kier alpha value is -2.17. The molecule has 0 saturated carbocycles. The van der Waals surface area contributed by atoms with E-state index in [0.29, 0.717) is 5.92 Å². The quantitative estimate of drug-likeness (QED) is 0.353. The number of allylic oxidation sites excluding steroid dienone is 2. The summed E-state index contributed by atoms with van der Waals surface area (Å²) in [6.45, 7) is 6.90. The van der Waals surface area contributed by atoms with Gasteiger partial charge in [0.15, 0.2) is 0 Å². The molecular formula is C26H30P+. The highest BCUT2D eigenvalue weighted by molar-refractivity contribution is 7.95. The molecule has 0 N–H and O–H groups in total. The van der Waals surface area contributed by atoms with E-state index in [4.69, 9.17) is 0 Å². The van der Waals surface area contributed by atoms with E-state index < -0.39 is 7.26 Å². The summed E-state index contributed by atoms with van der Waals surface area (Å²) < 4.78 is 0. The maximum Gasteiger partial charge on any atom is 0.116 e. The van der Waals surface area contributed by atoms with E-state index in [9.17, 15) is 0 Å². The lowest BCUT2D eigenvalue weighted by Gasteiger charge is -2.28. The van der Waals surface area contributed by atoms with Crippen LogP contribution in [0.15, 0.2) is 103 Å². The standard InChI is InChI=1S/C26H30P/c1-4-22(2)20-23(3)21-27(24-14-8-5-9-15-24,25-16-10-6-11-17-25)26-18-12-7-13-19-26/h5-20,22H,4,21H2,1-3H3/q+1/b23-20+/t22-/m0/s1. The normalized spacial score (nSPS) is 13.4. The predicted octanol–water partition coefficient (Wildman–Crippen LogP) is 5.97. The highest BCUT2D eigenvalue weighted by atomic mass is 31.2. The van der Waals surface area contributed by atoms with Crippen molar-refractivity contribution in [2.75, 3.05) is 6.16 Å². The fourth-order valence-corrected chi connectivity index (χ4v) is 8.14. The number of benzene rings is 3. The average molecular weight is 374 g/mol. The molecule has 0 bridgehead atoms. The van der Waals surface area contributed by atoms with Crippen molar-refractivity contribution in [3.8, 4) is 0 Å². The molecule has 0 saturated heterocycles. The molecule has 0 heterocycles. The molecule has 27 heavy (non-hydrogen) atoms. The first-order valence-corrected chi connectivity index (χ1v) is 11.9. The van der Waals surface area contributed by atoms with Gasteiger partial charge in [-0.05, 0) is 54.8 Å². The van der Waals surface area contributed by atoms with Gasteiger partial charge in [-0.1, -0.05) is 80.9 Å². The van der Waals surface area contributed by atoms with Crippen molar-refractivity contribution in [2.45, 2.75) is 27.2 Å². The second-order valence-electron chi connectivity index (χ2n) is 7.37. The Kier molecular flexibility index (Phi) is 6.64. The largest absolute Gasteiger partial charge is 0.116 e. The van der Waals surface area contributed by atoms with Crippen LogP contribution in [0.4, 0.5) is 0 Å². The summed E-state index contributed by atoms with van der Waals surface area (Å²) >= 11 is 0. The van der Waals surface area contributed by atoms with Crippen LogP contribution in [0.3, 0.4) is 0 Å². The maximum atomic E-state index is 2.48. The molecule has 0 fully saturated rings. The molecule has 3 aromatic rings. The summed E-state index contributed by atoms with van der Waals surface area (Å²) in [6.07, 6.45) is 4.75. The van der Waals surface area contributed by atoms with E-state index in [-0.39, 0.29) is 0 Å². The summed E-state index contributed by atoms with van der Waals surface area (Å²) in [4.78, 5) is 0. The second kappa shape index (κ2) is 9.16. The van der Waals surface area contributed by atoms with Gasteiger partial charge < -0.3 is 0 Å². The van der Waals surface area contributed by atoms with E-state index in [1.165, 1.54) is 27.9 Å². The number of hydrogen-bond acceptors (Lipinski definition) is 0. The molecule has 3 rings (SSSR count). The van der Waals surface area contributed by atoms with Crippen molar-refractivity contribution in [3.63, 3.8) is 0 Å². The zero-order valence-corrected chi connectivity index (χ0v) is 17.6. The molecule has 0 aliphatic heterocycles. The first-order valence-electron chi connectivity index (χ1n) is 9.89. The Bertz CT molecular complexity index is 754. The van der Waals surface area contributed by atoms with Gasteiger partial charge in [-0.25, -0.2) is 0 Å². The van der Waals surface area contributed by atoms with Crippen LogP contribution >= 0.6 is 7.26 Å². The third-order valence-electron chi connectivity index (χ3n) is 5.29. The molecule has 0 unspecified atom stereocenters. The van der Waals surface area contributed by atoms with E-state index >= 15 is 0 Å². The van der Waals surface area contributed by atoms with Crippen LogP contribution in [-0.2, 0) is 0 Å². The number of rotatable bonds is 7. The zero-order valence-electron chi connectivity index (χ0n) is 16.7. The Morgan fingerprint density at radius 3 is 1.44 bits per heavy atom. The maximum absolute atomic E-state index is 2.48. The number of hydrogen-bond donors (Lipinski definition) is 0. The minimum Gasteiger partial charge on any atom is -0.0791 e. The van der Waals surface area contributed by atoms with Crippen molar-refractivity contribution in [1.82, 2.24) is 0 Å². The Morgan fingerprint density at radius 1 is 0.741 bits per heavy atom. The second-order valence-corrected chi connectivity index (χ2v) is 10.9. The van der Waals surface area contributed by atoms with Gasteiger partial charge in [-0.2, -0.15) is 0 Å². The third kappa shape index (κ3) is 4.40. The smallest absolute Gasteiger partial charge is 0.0791 e. The van der Waals surface area contributed by atoms with Gasteiger partial charge in [0.05, 0.1) is 6.16 Å². The minimum atomic E-state index is -1.74. The van der Waals surface area contributed by atoms with Gasteiger partial charge in [0.25, 0.3) is 0 Å². The molecule has 0 amide bonds. The van der Waals surface area contributed by atoms with Gasteiger partial charge in [0, 0.05) is 0 Å². The monoisotopic (exact) mass is 373 g/mol. The van der Waals surface area contributed by atoms with Crippen LogP contribution < -0.4 is 15.9 Å². The molecule has 0 aliphatic carbocycles. The zero-order chi connectivity index (χ0) is 19.1. The summed E-state index contributed by atoms with van der Waals surface area (Å²) in [5.74, 6) is 0.620. The molecule has 0 aliphatic rings. The van der Waals surface area contributed by atoms with Gasteiger partial charge in [-0.3, -0.25) is 0 Å². The van der Waals surface area contributed by atoms with E-state index in [0.717, 1.165) is 6.16 Å². The van der Waals surface area contributed by atoms with Gasteiger partial charge >= 0.3 is 0 Å². The van der Waals surface area contributed by atoms with Crippen LogP contribution in [-0.4, -0.2) is 6.16 Å². The first kappa shape index (κ1) is 19.6. The molecule has 0 radical (unpaired) electrons. The van der Waals surface area contributed by atoms with Crippen LogP contribution in [0, 0.1) is 5.92 Å². The van der Waals surface area contributed by atoms with Gasteiger partial charge in [0.1, 0.15) is 23.2 Å². The van der Waals surface area contributed by atoms with Gasteiger partial charge in [-0.15, -0.1) is 0 Å². The van der Waals surface area contributed by atoms with Crippen LogP contribution in [0.25, 0.3) is 0 Å². The summed E-state index contributed by atoms with van der Waals surface area (Å²) in [5.41, 5.74) is 1.49. The third-order valence-corrected chi connectivity index (χ3v) is 9.80. The average Bonchev–Trinajstić information content (AvgIpc) is 2.74. The summed E-state index contributed by atoms with van der Waals surface area (Å²) in [5, 5.41) is 4.37. The first-order chi connectivity index (χ1) is 13.2. The van der Waals surface area contributed by atoms with E-state index in [1.807, 2.05) is 0 Å². The predicted molar refractivity (Wildman–Crippen MR) is 123 cm³/mol. The Morgan fingerprint density at radius 2 is 1.11 bits per heavy atom. The van der Waals surface area contributed by atoms with Crippen molar-refractivity contribution >= 4 is 23.2 Å². The topological polar surface area (TPSA) is 0 Å².